The van der Waals surface area contributed by atoms with Crippen molar-refractivity contribution in [1.82, 2.24) is 5.32 Å². The molecule has 1 aliphatic carbocycles. The van der Waals surface area contributed by atoms with Crippen molar-refractivity contribution in [2.24, 2.45) is 0 Å². The van der Waals surface area contributed by atoms with Gasteiger partial charge in [0, 0.05) is 36.1 Å². The number of hydrogen-bond donors (Lipinski definition) is 1. The molecule has 1 aliphatic heterocycles. The Morgan fingerprint density at radius 1 is 1.00 bits per heavy atom. The molecule has 0 spiro atoms. The van der Waals surface area contributed by atoms with Crippen LogP contribution < -0.4 is 10.1 Å². The second-order valence-electron chi connectivity index (χ2n) is 7.16. The maximum Gasteiger partial charge on any atom is 0.225 e. The molecule has 2 aromatic rings. The molecule has 1 N–H and O–H groups in total. The minimum Gasteiger partial charge on any atom is -0.497 e. The van der Waals surface area contributed by atoms with Crippen LogP contribution in [-0.4, -0.2) is 18.8 Å². The van der Waals surface area contributed by atoms with E-state index in [-0.39, 0.29) is 36.0 Å². The number of rotatable bonds is 3. The fourth-order valence-corrected chi connectivity index (χ4v) is 4.12. The molecule has 1 heterocycles. The van der Waals surface area contributed by atoms with Gasteiger partial charge in [-0.2, -0.15) is 0 Å². The number of ether oxygens (including phenoxy) is 1. The van der Waals surface area contributed by atoms with E-state index in [1.165, 1.54) is 6.07 Å². The predicted molar refractivity (Wildman–Crippen MR) is 98.9 cm³/mol. The number of allylic oxidation sites excluding steroid dienone is 2. The monoisotopic (exact) mass is 383 g/mol. The third-order valence-electron chi connectivity index (χ3n) is 5.46. The van der Waals surface area contributed by atoms with Crippen LogP contribution in [0, 0.1) is 11.6 Å². The Labute approximate surface area is 161 Å². The number of halogens is 2. The van der Waals surface area contributed by atoms with Gasteiger partial charge in [0.15, 0.2) is 5.78 Å². The van der Waals surface area contributed by atoms with Gasteiger partial charge in [-0.15, -0.1) is 0 Å². The van der Waals surface area contributed by atoms with Crippen LogP contribution in [-0.2, 0) is 9.59 Å². The third-order valence-corrected chi connectivity index (χ3v) is 5.46. The normalized spacial score (nSPS) is 22.0. The van der Waals surface area contributed by atoms with Crippen molar-refractivity contribution in [1.29, 1.82) is 0 Å². The van der Waals surface area contributed by atoms with Crippen LogP contribution in [0.2, 0.25) is 0 Å². The highest BCUT2D eigenvalue weighted by Gasteiger charge is 2.39. The Morgan fingerprint density at radius 2 is 1.75 bits per heavy atom. The van der Waals surface area contributed by atoms with Crippen molar-refractivity contribution in [2.75, 3.05) is 7.11 Å². The van der Waals surface area contributed by atoms with E-state index in [1.54, 1.807) is 7.11 Å². The quantitative estimate of drug-likeness (QED) is 0.872. The summed E-state index contributed by atoms with van der Waals surface area (Å²) in [5, 5.41) is 2.80. The predicted octanol–water partition coefficient (Wildman–Crippen LogP) is 3.98. The van der Waals surface area contributed by atoms with E-state index in [1.807, 2.05) is 24.3 Å². The van der Waals surface area contributed by atoms with Crippen LogP contribution in [0.1, 0.15) is 42.2 Å². The summed E-state index contributed by atoms with van der Waals surface area (Å²) in [6, 6.07) is 10.7. The van der Waals surface area contributed by atoms with E-state index in [2.05, 4.69) is 5.32 Å². The molecule has 1 amide bonds. The van der Waals surface area contributed by atoms with Crippen LogP contribution in [0.5, 0.6) is 5.75 Å². The van der Waals surface area contributed by atoms with Gasteiger partial charge in [0.05, 0.1) is 7.11 Å². The van der Waals surface area contributed by atoms with E-state index >= 15 is 0 Å². The van der Waals surface area contributed by atoms with Crippen LogP contribution in [0.4, 0.5) is 8.78 Å². The van der Waals surface area contributed by atoms with Crippen LogP contribution in [0.25, 0.3) is 0 Å². The SMILES string of the molecule is COc1ccc(C2CC(=O)C3=C(C2)NC(=O)CC3c2ccc(F)cc2F)cc1. The highest BCUT2D eigenvalue weighted by atomic mass is 19.1. The molecule has 0 fully saturated rings. The Balaban J connectivity index is 1.70. The van der Waals surface area contributed by atoms with Gasteiger partial charge in [-0.1, -0.05) is 18.2 Å². The van der Waals surface area contributed by atoms with Crippen molar-refractivity contribution < 1.29 is 23.1 Å². The fraction of sp³-hybridized carbons (Fsp3) is 0.273. The molecule has 4 rings (SSSR count). The molecule has 2 atom stereocenters. The van der Waals surface area contributed by atoms with E-state index in [4.69, 9.17) is 4.74 Å². The lowest BCUT2D eigenvalue weighted by molar-refractivity contribution is -0.122. The number of nitrogens with one attached hydrogen (secondary N) is 1. The van der Waals surface area contributed by atoms with Crippen LogP contribution in [0.3, 0.4) is 0 Å². The van der Waals surface area contributed by atoms with E-state index in [0.717, 1.165) is 23.4 Å². The molecule has 144 valence electrons. The summed E-state index contributed by atoms with van der Waals surface area (Å²) in [6.07, 6.45) is 0.735. The Bertz CT molecular complexity index is 982. The summed E-state index contributed by atoms with van der Waals surface area (Å²) in [7, 11) is 1.59. The summed E-state index contributed by atoms with van der Waals surface area (Å²) < 4.78 is 32.8. The number of hydrogen-bond acceptors (Lipinski definition) is 3. The number of Topliss-reactive ketones (excluding diaryl/α,β-unsaturated/α-hetero) is 1. The number of ketones is 1. The van der Waals surface area contributed by atoms with Crippen molar-refractivity contribution in [3.63, 3.8) is 0 Å². The Kier molecular flexibility index (Phi) is 4.71. The summed E-state index contributed by atoms with van der Waals surface area (Å²) in [5.41, 5.74) is 2.14. The number of amides is 1. The summed E-state index contributed by atoms with van der Waals surface area (Å²) in [5.74, 6) is -1.85. The first kappa shape index (κ1) is 18.3. The minimum atomic E-state index is -0.739. The molecular formula is C22H19F2NO3. The van der Waals surface area contributed by atoms with Crippen molar-refractivity contribution >= 4 is 11.7 Å². The molecular weight excluding hydrogens is 364 g/mol. The second kappa shape index (κ2) is 7.19. The smallest absolute Gasteiger partial charge is 0.225 e. The zero-order valence-electron chi connectivity index (χ0n) is 15.3. The highest BCUT2D eigenvalue weighted by Crippen LogP contribution is 2.43. The Morgan fingerprint density at radius 3 is 2.43 bits per heavy atom. The van der Waals surface area contributed by atoms with E-state index in [0.29, 0.717) is 17.7 Å². The number of carbonyl (C=O) groups is 2. The first-order valence-corrected chi connectivity index (χ1v) is 9.11. The molecule has 0 aromatic heterocycles. The molecule has 2 aliphatic rings. The fourth-order valence-electron chi connectivity index (χ4n) is 4.12. The first-order chi connectivity index (χ1) is 13.5. The molecule has 6 heteroatoms. The molecule has 0 radical (unpaired) electrons. The summed E-state index contributed by atoms with van der Waals surface area (Å²) in [6.45, 7) is 0. The lowest BCUT2D eigenvalue weighted by Crippen LogP contribution is -2.38. The van der Waals surface area contributed by atoms with E-state index < -0.39 is 17.6 Å². The number of benzene rings is 2. The molecule has 0 bridgehead atoms. The summed E-state index contributed by atoms with van der Waals surface area (Å²) >= 11 is 0. The molecule has 0 saturated heterocycles. The zero-order chi connectivity index (χ0) is 19.8. The van der Waals surface area contributed by atoms with Crippen LogP contribution >= 0.6 is 0 Å². The number of methoxy groups -OCH3 is 1. The minimum absolute atomic E-state index is 0.0275. The van der Waals surface area contributed by atoms with Gasteiger partial charge in [0.25, 0.3) is 0 Å². The standard InChI is InChI=1S/C22H19F2NO3/c1-28-15-5-2-12(3-6-15)13-8-19-22(20(26)9-13)17(11-21(27)25-19)16-7-4-14(23)10-18(16)24/h2-7,10,13,17H,8-9,11H2,1H3,(H,25,27). The molecule has 2 unspecified atom stereocenters. The average molecular weight is 383 g/mol. The maximum absolute atomic E-state index is 14.3. The number of carbonyl (C=O) groups excluding carboxylic acids is 2. The Hall–Kier alpha value is -3.02. The van der Waals surface area contributed by atoms with Gasteiger partial charge in [0.2, 0.25) is 5.91 Å². The van der Waals surface area contributed by atoms with Crippen molar-refractivity contribution in [3.8, 4) is 5.75 Å². The topological polar surface area (TPSA) is 55.4 Å². The van der Waals surface area contributed by atoms with Gasteiger partial charge in [-0.25, -0.2) is 8.78 Å². The summed E-state index contributed by atoms with van der Waals surface area (Å²) in [4.78, 5) is 25.2. The van der Waals surface area contributed by atoms with Gasteiger partial charge in [0.1, 0.15) is 17.4 Å². The molecule has 4 nitrogen and oxygen atoms in total. The van der Waals surface area contributed by atoms with Crippen molar-refractivity contribution in [2.45, 2.75) is 31.1 Å². The first-order valence-electron chi connectivity index (χ1n) is 9.11. The zero-order valence-corrected chi connectivity index (χ0v) is 15.3. The van der Waals surface area contributed by atoms with Crippen molar-refractivity contribution in [3.05, 3.63) is 76.5 Å². The average Bonchev–Trinajstić information content (AvgIpc) is 2.67. The van der Waals surface area contributed by atoms with Gasteiger partial charge >= 0.3 is 0 Å². The third kappa shape index (κ3) is 3.30. The van der Waals surface area contributed by atoms with E-state index in [9.17, 15) is 18.4 Å². The lowest BCUT2D eigenvalue weighted by Gasteiger charge is -2.34. The molecule has 2 aromatic carbocycles. The highest BCUT2D eigenvalue weighted by molar-refractivity contribution is 6.02. The van der Waals surface area contributed by atoms with Gasteiger partial charge < -0.3 is 10.1 Å². The van der Waals surface area contributed by atoms with Gasteiger partial charge in [-0.05, 0) is 41.7 Å². The lowest BCUT2D eigenvalue weighted by atomic mass is 9.73. The maximum atomic E-state index is 14.3. The second-order valence-corrected chi connectivity index (χ2v) is 7.16. The molecule has 28 heavy (non-hydrogen) atoms. The van der Waals surface area contributed by atoms with Crippen LogP contribution in [0.15, 0.2) is 53.7 Å². The largest absolute Gasteiger partial charge is 0.497 e. The molecule has 0 saturated carbocycles. The van der Waals surface area contributed by atoms with Gasteiger partial charge in [-0.3, -0.25) is 9.59 Å².